The van der Waals surface area contributed by atoms with Crippen LogP contribution in [-0.4, -0.2) is 27.8 Å². The van der Waals surface area contributed by atoms with E-state index in [-0.39, 0.29) is 13.2 Å². The second kappa shape index (κ2) is 15.3. The number of nitrogens with zero attached hydrogens (tertiary/aromatic N) is 3. The molecule has 1 aliphatic rings. The van der Waals surface area contributed by atoms with E-state index in [2.05, 4.69) is 21.2 Å². The van der Waals surface area contributed by atoms with Crippen LogP contribution in [0.4, 0.5) is 5.95 Å². The number of benzene rings is 4. The van der Waals surface area contributed by atoms with Crippen LogP contribution in [0.2, 0.25) is 15.1 Å². The number of halogens is 4. The van der Waals surface area contributed by atoms with E-state index in [1.807, 2.05) is 73.7 Å². The normalized spacial score (nSPS) is 13.9. The molecule has 0 aliphatic carbocycles. The number of anilines is 1. The third-order valence-electron chi connectivity index (χ3n) is 7.57. The van der Waals surface area contributed by atoms with Crippen LogP contribution < -0.4 is 14.8 Å². The number of thioether (sulfide) groups is 1. The van der Waals surface area contributed by atoms with E-state index in [1.165, 1.54) is 11.8 Å². The van der Waals surface area contributed by atoms with Crippen molar-refractivity contribution in [1.82, 2.24) is 14.8 Å². The van der Waals surface area contributed by atoms with Crippen molar-refractivity contribution < 1.29 is 19.0 Å². The van der Waals surface area contributed by atoms with Crippen LogP contribution >= 0.6 is 62.5 Å². The number of ether oxygens (including phenoxy) is 3. The molecule has 8 nitrogen and oxygen atoms in total. The van der Waals surface area contributed by atoms with Crippen molar-refractivity contribution in [3.05, 3.63) is 138 Å². The van der Waals surface area contributed by atoms with Crippen LogP contribution in [0.3, 0.4) is 0 Å². The van der Waals surface area contributed by atoms with Gasteiger partial charge in [0.05, 0.1) is 17.2 Å². The summed E-state index contributed by atoms with van der Waals surface area (Å²) in [5.41, 5.74) is 4.12. The molecule has 1 N–H and O–H groups in total. The predicted molar refractivity (Wildman–Crippen MR) is 193 cm³/mol. The van der Waals surface area contributed by atoms with Crippen LogP contribution in [0.25, 0.3) is 0 Å². The summed E-state index contributed by atoms with van der Waals surface area (Å²) in [6.45, 7) is 2.03. The first kappa shape index (κ1) is 34.2. The molecular formula is C35H28BrCl3N4O4S. The third-order valence-corrected chi connectivity index (χ3v) is 10.1. The van der Waals surface area contributed by atoms with Crippen LogP contribution in [0.15, 0.2) is 106 Å². The molecule has 0 spiro atoms. The second-order valence-corrected chi connectivity index (χ2v) is 13.7. The quantitative estimate of drug-likeness (QED) is 0.105. The zero-order chi connectivity index (χ0) is 33.8. The van der Waals surface area contributed by atoms with Crippen LogP contribution in [0.1, 0.15) is 35.2 Å². The molecule has 1 aromatic heterocycles. The smallest absolute Gasteiger partial charge is 0.338 e. The van der Waals surface area contributed by atoms with Gasteiger partial charge in [0.15, 0.2) is 11.5 Å². The molecule has 6 rings (SSSR count). The van der Waals surface area contributed by atoms with Gasteiger partial charge in [-0.2, -0.15) is 4.98 Å². The summed E-state index contributed by atoms with van der Waals surface area (Å²) in [5, 5.41) is 10.3. The Morgan fingerprint density at radius 1 is 0.958 bits per heavy atom. The van der Waals surface area contributed by atoms with Crippen molar-refractivity contribution >= 4 is 74.4 Å². The Kier molecular flexibility index (Phi) is 10.9. The highest BCUT2D eigenvalue weighted by molar-refractivity contribution is 9.10. The number of esters is 1. The minimum atomic E-state index is -0.719. The zero-order valence-corrected chi connectivity index (χ0v) is 30.3. The van der Waals surface area contributed by atoms with Gasteiger partial charge in [-0.3, -0.25) is 0 Å². The molecule has 4 aromatic carbocycles. The molecule has 2 heterocycles. The third kappa shape index (κ3) is 7.48. The zero-order valence-electron chi connectivity index (χ0n) is 25.7. The number of nitrogens with one attached hydrogen (secondary N) is 1. The van der Waals surface area contributed by atoms with Crippen molar-refractivity contribution in [1.29, 1.82) is 0 Å². The SMILES string of the molecule is COc1cc(C2C(C(=O)OCc3ccccc3)=C(C)Nc3nc(SCc4ccccc4Cl)nn32)cc(Br)c1OCc1c(Cl)cccc1Cl. The molecule has 0 amide bonds. The lowest BCUT2D eigenvalue weighted by Crippen LogP contribution is -2.29. The lowest BCUT2D eigenvalue weighted by molar-refractivity contribution is -0.140. The van der Waals surface area contributed by atoms with Crippen LogP contribution in [0, 0.1) is 0 Å². The van der Waals surface area contributed by atoms with E-state index in [4.69, 9.17) is 59.1 Å². The minimum Gasteiger partial charge on any atom is -0.493 e. The first-order chi connectivity index (χ1) is 23.2. The second-order valence-electron chi connectivity index (χ2n) is 10.7. The molecular weight excluding hydrogens is 759 g/mol. The Balaban J connectivity index is 1.36. The molecule has 0 bridgehead atoms. The molecule has 13 heteroatoms. The lowest BCUT2D eigenvalue weighted by Gasteiger charge is -2.29. The summed E-state index contributed by atoms with van der Waals surface area (Å²) in [6.07, 6.45) is 0. The monoisotopic (exact) mass is 784 g/mol. The van der Waals surface area contributed by atoms with Gasteiger partial charge in [-0.1, -0.05) is 101 Å². The average molecular weight is 787 g/mol. The number of rotatable bonds is 11. The molecule has 1 unspecified atom stereocenters. The van der Waals surface area contributed by atoms with Gasteiger partial charge in [0.25, 0.3) is 0 Å². The van der Waals surface area contributed by atoms with Crippen molar-refractivity contribution in [2.45, 2.75) is 37.1 Å². The summed E-state index contributed by atoms with van der Waals surface area (Å²) < 4.78 is 20.1. The maximum Gasteiger partial charge on any atom is 0.338 e. The minimum absolute atomic E-state index is 0.107. The maximum absolute atomic E-state index is 13.9. The van der Waals surface area contributed by atoms with Gasteiger partial charge in [-0.05, 0) is 69.9 Å². The van der Waals surface area contributed by atoms with E-state index in [0.717, 1.165) is 11.1 Å². The van der Waals surface area contributed by atoms with Crippen molar-refractivity contribution in [3.8, 4) is 11.5 Å². The number of hydrogen-bond acceptors (Lipinski definition) is 8. The van der Waals surface area contributed by atoms with Crippen molar-refractivity contribution in [2.75, 3.05) is 12.4 Å². The summed E-state index contributed by atoms with van der Waals surface area (Å²) in [6, 6.07) is 25.4. The maximum atomic E-state index is 13.9. The molecule has 0 saturated carbocycles. The van der Waals surface area contributed by atoms with Crippen LogP contribution in [-0.2, 0) is 28.5 Å². The van der Waals surface area contributed by atoms with E-state index < -0.39 is 12.0 Å². The van der Waals surface area contributed by atoms with Gasteiger partial charge in [-0.15, -0.1) is 5.10 Å². The molecule has 48 heavy (non-hydrogen) atoms. The fourth-order valence-corrected chi connectivity index (χ4v) is 7.37. The number of fused-ring (bicyclic) bond motifs is 1. The molecule has 0 saturated heterocycles. The molecule has 0 fully saturated rings. The van der Waals surface area contributed by atoms with E-state index in [0.29, 0.717) is 70.3 Å². The summed E-state index contributed by atoms with van der Waals surface area (Å²) in [7, 11) is 1.55. The van der Waals surface area contributed by atoms with E-state index in [9.17, 15) is 4.79 Å². The number of hydrogen-bond donors (Lipinski definition) is 1. The van der Waals surface area contributed by atoms with Gasteiger partial charge >= 0.3 is 5.97 Å². The lowest BCUT2D eigenvalue weighted by atomic mass is 9.95. The summed E-state index contributed by atoms with van der Waals surface area (Å²) in [5.74, 6) is 1.40. The number of carbonyl (C=O) groups excluding carboxylic acids is 1. The largest absolute Gasteiger partial charge is 0.493 e. The van der Waals surface area contributed by atoms with Gasteiger partial charge in [0, 0.05) is 32.1 Å². The first-order valence-corrected chi connectivity index (χ1v) is 17.6. The fourth-order valence-electron chi connectivity index (χ4n) is 5.18. The average Bonchev–Trinajstić information content (AvgIpc) is 3.49. The summed E-state index contributed by atoms with van der Waals surface area (Å²) >= 11 is 24.3. The molecule has 246 valence electrons. The molecule has 1 aliphatic heterocycles. The van der Waals surface area contributed by atoms with Crippen LogP contribution in [0.5, 0.6) is 11.5 Å². The Bertz CT molecular complexity index is 1990. The van der Waals surface area contributed by atoms with Crippen molar-refractivity contribution in [3.63, 3.8) is 0 Å². The van der Waals surface area contributed by atoms with E-state index >= 15 is 0 Å². The Labute approximate surface area is 305 Å². The van der Waals surface area contributed by atoms with Crippen molar-refractivity contribution in [2.24, 2.45) is 0 Å². The highest BCUT2D eigenvalue weighted by Crippen LogP contribution is 2.44. The molecule has 5 aromatic rings. The highest BCUT2D eigenvalue weighted by atomic mass is 79.9. The number of carbonyl (C=O) groups is 1. The topological polar surface area (TPSA) is 87.5 Å². The number of allylic oxidation sites excluding steroid dienone is 1. The Morgan fingerprint density at radius 3 is 2.40 bits per heavy atom. The fraction of sp³-hybridized carbons (Fsp3) is 0.171. The van der Waals surface area contributed by atoms with E-state index in [1.54, 1.807) is 30.0 Å². The number of aromatic nitrogens is 3. The van der Waals surface area contributed by atoms with Gasteiger partial charge < -0.3 is 19.5 Å². The Morgan fingerprint density at radius 2 is 1.67 bits per heavy atom. The number of methoxy groups -OCH3 is 1. The Hall–Kier alpha value is -3.67. The molecule has 1 atom stereocenters. The van der Waals surface area contributed by atoms with Gasteiger partial charge in [0.2, 0.25) is 11.1 Å². The predicted octanol–water partition coefficient (Wildman–Crippen LogP) is 9.91. The van der Waals surface area contributed by atoms with Gasteiger partial charge in [-0.25, -0.2) is 9.48 Å². The molecule has 0 radical (unpaired) electrons. The first-order valence-electron chi connectivity index (χ1n) is 14.7. The highest BCUT2D eigenvalue weighted by Gasteiger charge is 2.36. The summed E-state index contributed by atoms with van der Waals surface area (Å²) in [4.78, 5) is 18.6. The van der Waals surface area contributed by atoms with Gasteiger partial charge in [0.1, 0.15) is 19.3 Å². The standard InChI is InChI=1S/C35H28BrCl3N4O4S/c1-20-30(33(44)47-17-21-9-4-3-5-10-21)31(43-34(40-20)41-35(42-43)48-19-22-11-6-7-12-26(22)37)23-15-25(36)32(29(16-23)45-2)46-18-24-27(38)13-8-14-28(24)39/h3-16,31H,17-19H2,1-2H3,(H,40,41,42).